The Morgan fingerprint density at radius 3 is 2.27 bits per heavy atom. The van der Waals surface area contributed by atoms with Gasteiger partial charge in [0.25, 0.3) is 0 Å². The average Bonchev–Trinajstić information content (AvgIpc) is 2.48. The first-order chi connectivity index (χ1) is 10.4. The summed E-state index contributed by atoms with van der Waals surface area (Å²) in [6.07, 6.45) is -5.19. The third-order valence-corrected chi connectivity index (χ3v) is 3.28. The molecule has 0 spiro atoms. The number of carbonyl (C=O) groups excluding carboxylic acids is 2. The molecule has 1 heterocycles. The minimum Gasteiger partial charge on any atom is -0.385 e. The molecule has 1 N–H and O–H groups in total. The quantitative estimate of drug-likeness (QED) is 0.672. The van der Waals surface area contributed by atoms with Crippen molar-refractivity contribution < 1.29 is 27.5 Å². The van der Waals surface area contributed by atoms with Gasteiger partial charge in [-0.3, -0.25) is 4.90 Å². The summed E-state index contributed by atoms with van der Waals surface area (Å²) in [7, 11) is 0. The van der Waals surface area contributed by atoms with E-state index >= 15 is 0 Å². The Balaban J connectivity index is 2.20. The fraction of sp³-hybridized carbons (Fsp3) is 0.429. The van der Waals surface area contributed by atoms with Crippen LogP contribution in [0.15, 0.2) is 30.3 Å². The Kier molecular flexibility index (Phi) is 5.15. The summed E-state index contributed by atoms with van der Waals surface area (Å²) in [5.74, 6) is -3.70. The normalized spacial score (nSPS) is 17.8. The van der Waals surface area contributed by atoms with Gasteiger partial charge < -0.3 is 10.1 Å². The zero-order valence-electron chi connectivity index (χ0n) is 11.6. The number of esters is 2. The monoisotopic (exact) mass is 316 g/mol. The summed E-state index contributed by atoms with van der Waals surface area (Å²) in [4.78, 5) is 24.7. The van der Waals surface area contributed by atoms with Crippen LogP contribution in [0.25, 0.3) is 0 Å². The van der Waals surface area contributed by atoms with Crippen LogP contribution in [0.3, 0.4) is 0 Å². The van der Waals surface area contributed by atoms with Crippen molar-refractivity contribution in [3.05, 3.63) is 35.9 Å². The number of nitrogens with zero attached hydrogens (tertiary/aromatic N) is 1. The first-order valence-electron chi connectivity index (χ1n) is 6.72. The van der Waals surface area contributed by atoms with Crippen LogP contribution in [0.1, 0.15) is 11.6 Å². The highest BCUT2D eigenvalue weighted by Gasteiger charge is 2.44. The number of piperazine rings is 1. The number of carbonyl (C=O) groups is 2. The molecule has 1 saturated heterocycles. The summed E-state index contributed by atoms with van der Waals surface area (Å²) < 4.78 is 40.8. The zero-order chi connectivity index (χ0) is 16.2. The number of nitrogens with one attached hydrogen (secondary N) is 1. The molecule has 22 heavy (non-hydrogen) atoms. The number of ether oxygens (including phenoxy) is 1. The first kappa shape index (κ1) is 16.4. The number of hydrogen-bond acceptors (Lipinski definition) is 5. The minimum atomic E-state index is -5.19. The second kappa shape index (κ2) is 6.89. The maximum atomic E-state index is 12.3. The lowest BCUT2D eigenvalue weighted by molar-refractivity contribution is -0.203. The molecule has 0 aliphatic carbocycles. The van der Waals surface area contributed by atoms with E-state index in [-0.39, 0.29) is 0 Å². The summed E-state index contributed by atoms with van der Waals surface area (Å²) in [6.45, 7) is 2.14. The minimum absolute atomic E-state index is 0.467. The Labute approximate surface area is 125 Å². The van der Waals surface area contributed by atoms with E-state index in [1.807, 2.05) is 0 Å². The molecule has 0 amide bonds. The van der Waals surface area contributed by atoms with E-state index in [2.05, 4.69) is 10.1 Å². The van der Waals surface area contributed by atoms with Crippen LogP contribution in [-0.2, 0) is 14.3 Å². The SMILES string of the molecule is O=C(OC(=O)C(F)(F)F)[C@H](c1ccccc1)N1CCNCC1. The molecule has 1 aliphatic rings. The molecule has 8 heteroatoms. The lowest BCUT2D eigenvalue weighted by atomic mass is 10.0. The number of hydrogen-bond donors (Lipinski definition) is 1. The molecule has 1 aliphatic heterocycles. The maximum Gasteiger partial charge on any atom is 0.491 e. The second-order valence-corrected chi connectivity index (χ2v) is 4.81. The van der Waals surface area contributed by atoms with Crippen LogP contribution in [0, 0.1) is 0 Å². The Morgan fingerprint density at radius 2 is 1.73 bits per heavy atom. The Hall–Kier alpha value is -1.93. The van der Waals surface area contributed by atoms with E-state index in [4.69, 9.17) is 0 Å². The first-order valence-corrected chi connectivity index (χ1v) is 6.72. The van der Waals surface area contributed by atoms with Gasteiger partial charge in [0.1, 0.15) is 6.04 Å². The summed E-state index contributed by atoms with van der Waals surface area (Å²) >= 11 is 0. The van der Waals surface area contributed by atoms with Crippen molar-refractivity contribution in [1.29, 1.82) is 0 Å². The molecule has 0 bridgehead atoms. The fourth-order valence-corrected chi connectivity index (χ4v) is 2.28. The van der Waals surface area contributed by atoms with E-state index < -0.39 is 24.2 Å². The predicted molar refractivity (Wildman–Crippen MR) is 70.8 cm³/mol. The van der Waals surface area contributed by atoms with Gasteiger partial charge in [0.2, 0.25) is 0 Å². The molecule has 120 valence electrons. The van der Waals surface area contributed by atoms with E-state index in [1.165, 1.54) is 0 Å². The van der Waals surface area contributed by atoms with Crippen LogP contribution in [0.5, 0.6) is 0 Å². The van der Waals surface area contributed by atoms with Gasteiger partial charge in [-0.2, -0.15) is 13.2 Å². The average molecular weight is 316 g/mol. The highest BCUT2D eigenvalue weighted by atomic mass is 19.4. The molecule has 0 saturated carbocycles. The van der Waals surface area contributed by atoms with E-state index in [1.54, 1.807) is 35.2 Å². The van der Waals surface area contributed by atoms with Crippen LogP contribution in [0.4, 0.5) is 13.2 Å². The van der Waals surface area contributed by atoms with Gasteiger partial charge in [-0.15, -0.1) is 0 Å². The number of alkyl halides is 3. The van der Waals surface area contributed by atoms with Crippen molar-refractivity contribution >= 4 is 11.9 Å². The van der Waals surface area contributed by atoms with E-state index in [9.17, 15) is 22.8 Å². The molecule has 5 nitrogen and oxygen atoms in total. The molecule has 1 atom stereocenters. The second-order valence-electron chi connectivity index (χ2n) is 4.81. The van der Waals surface area contributed by atoms with Gasteiger partial charge in [-0.05, 0) is 5.56 Å². The lowest BCUT2D eigenvalue weighted by Gasteiger charge is -2.33. The standard InChI is InChI=1S/C14H15F3N2O3/c15-14(16,17)13(21)22-12(20)11(10-4-2-1-3-5-10)19-8-6-18-7-9-19/h1-5,11,18H,6-9H2/t11-/m0/s1. The summed E-state index contributed by atoms with van der Waals surface area (Å²) in [6, 6.07) is 7.27. The molecule has 2 rings (SSSR count). The molecule has 1 fully saturated rings. The molecule has 1 aromatic carbocycles. The Bertz CT molecular complexity index is 528. The topological polar surface area (TPSA) is 58.6 Å². The maximum absolute atomic E-state index is 12.3. The molecule has 0 unspecified atom stereocenters. The van der Waals surface area contributed by atoms with Gasteiger partial charge in [0.05, 0.1) is 0 Å². The van der Waals surface area contributed by atoms with Crippen molar-refractivity contribution in [1.82, 2.24) is 10.2 Å². The summed E-state index contributed by atoms with van der Waals surface area (Å²) in [5, 5.41) is 3.08. The largest absolute Gasteiger partial charge is 0.491 e. The van der Waals surface area contributed by atoms with E-state index in [0.29, 0.717) is 31.7 Å². The molecular weight excluding hydrogens is 301 g/mol. The summed E-state index contributed by atoms with van der Waals surface area (Å²) in [5.41, 5.74) is 0.490. The highest BCUT2D eigenvalue weighted by Crippen LogP contribution is 2.25. The van der Waals surface area contributed by atoms with Gasteiger partial charge in [0, 0.05) is 26.2 Å². The third kappa shape index (κ3) is 4.05. The number of rotatable bonds is 3. The molecule has 0 aromatic heterocycles. The van der Waals surface area contributed by atoms with Gasteiger partial charge in [0.15, 0.2) is 0 Å². The van der Waals surface area contributed by atoms with Gasteiger partial charge in [-0.25, -0.2) is 9.59 Å². The smallest absolute Gasteiger partial charge is 0.385 e. The van der Waals surface area contributed by atoms with Crippen LogP contribution in [0.2, 0.25) is 0 Å². The van der Waals surface area contributed by atoms with Crippen LogP contribution >= 0.6 is 0 Å². The number of benzene rings is 1. The molecule has 0 radical (unpaired) electrons. The van der Waals surface area contributed by atoms with Crippen molar-refractivity contribution in [2.75, 3.05) is 26.2 Å². The predicted octanol–water partition coefficient (Wildman–Crippen LogP) is 1.26. The van der Waals surface area contributed by atoms with E-state index in [0.717, 1.165) is 0 Å². The zero-order valence-corrected chi connectivity index (χ0v) is 11.6. The van der Waals surface area contributed by atoms with Crippen LogP contribution in [-0.4, -0.2) is 49.2 Å². The van der Waals surface area contributed by atoms with Crippen molar-refractivity contribution in [2.45, 2.75) is 12.2 Å². The van der Waals surface area contributed by atoms with Crippen molar-refractivity contribution in [2.24, 2.45) is 0 Å². The number of halogens is 3. The Morgan fingerprint density at radius 1 is 1.14 bits per heavy atom. The molecule has 1 aromatic rings. The van der Waals surface area contributed by atoms with Gasteiger partial charge >= 0.3 is 18.1 Å². The third-order valence-electron chi connectivity index (χ3n) is 3.28. The van der Waals surface area contributed by atoms with Gasteiger partial charge in [-0.1, -0.05) is 30.3 Å². The molecular formula is C14H15F3N2O3. The highest BCUT2D eigenvalue weighted by molar-refractivity contribution is 5.91. The van der Waals surface area contributed by atoms with Crippen molar-refractivity contribution in [3.8, 4) is 0 Å². The lowest BCUT2D eigenvalue weighted by Crippen LogP contribution is -2.48. The van der Waals surface area contributed by atoms with Crippen molar-refractivity contribution in [3.63, 3.8) is 0 Å². The fourth-order valence-electron chi connectivity index (χ4n) is 2.28. The van der Waals surface area contributed by atoms with Crippen LogP contribution < -0.4 is 5.32 Å².